The number of unbranched alkanes of at least 4 members (excludes halogenated alkanes) is 22. The highest BCUT2D eigenvalue weighted by Gasteiger charge is 2.10. The molecule has 46 heavy (non-hydrogen) atoms. The molecular weight excluding hydrogens is 570 g/mol. The van der Waals surface area contributed by atoms with Crippen molar-refractivity contribution in [3.05, 3.63) is 0 Å². The molecule has 0 aromatic rings. The lowest BCUT2D eigenvalue weighted by Crippen LogP contribution is -2.25. The Kier molecular flexibility index (Phi) is 38.2. The van der Waals surface area contributed by atoms with Crippen molar-refractivity contribution in [3.8, 4) is 0 Å². The Morgan fingerprint density at radius 2 is 0.848 bits per heavy atom. The van der Waals surface area contributed by atoms with Crippen molar-refractivity contribution in [2.24, 2.45) is 0 Å². The molecule has 0 aliphatic heterocycles. The van der Waals surface area contributed by atoms with E-state index in [2.05, 4.69) is 32.6 Å². The Morgan fingerprint density at radius 1 is 0.457 bits per heavy atom. The smallest absolute Gasteiger partial charge is 0.305 e. The van der Waals surface area contributed by atoms with Gasteiger partial charge in [-0.1, -0.05) is 156 Å². The Labute approximate surface area is 289 Å². The first-order valence-electron chi connectivity index (χ1n) is 20.8. The van der Waals surface area contributed by atoms with Crippen molar-refractivity contribution in [1.29, 1.82) is 0 Å². The van der Waals surface area contributed by atoms with Gasteiger partial charge in [-0.15, -0.1) is 0 Å². The summed E-state index contributed by atoms with van der Waals surface area (Å²) in [5, 5.41) is 0. The summed E-state index contributed by atoms with van der Waals surface area (Å²) in [5.74, 6) is 0.00286. The van der Waals surface area contributed by atoms with Crippen LogP contribution in [0.4, 0.5) is 0 Å². The molecule has 0 atom stereocenters. The van der Waals surface area contributed by atoms with Gasteiger partial charge in [0.15, 0.2) is 6.29 Å². The quantitative estimate of drug-likeness (QED) is 0.0375. The maximum Gasteiger partial charge on any atom is 0.305 e. The van der Waals surface area contributed by atoms with Crippen LogP contribution in [0.25, 0.3) is 0 Å². The lowest BCUT2D eigenvalue weighted by molar-refractivity contribution is -0.148. The predicted molar refractivity (Wildman–Crippen MR) is 200 cm³/mol. The third-order valence-corrected chi connectivity index (χ3v) is 9.33. The summed E-state index contributed by atoms with van der Waals surface area (Å²) >= 11 is 0. The third-order valence-electron chi connectivity index (χ3n) is 9.33. The van der Waals surface area contributed by atoms with Crippen LogP contribution in [-0.2, 0) is 19.0 Å². The van der Waals surface area contributed by atoms with E-state index in [1.54, 1.807) is 0 Å². The summed E-state index contributed by atoms with van der Waals surface area (Å²) < 4.78 is 17.7. The van der Waals surface area contributed by atoms with Crippen LogP contribution >= 0.6 is 0 Å². The van der Waals surface area contributed by atoms with Crippen molar-refractivity contribution in [3.63, 3.8) is 0 Å². The van der Waals surface area contributed by atoms with E-state index in [0.29, 0.717) is 13.0 Å². The molecule has 0 amide bonds. The first-order valence-corrected chi connectivity index (χ1v) is 20.8. The second kappa shape index (κ2) is 38.8. The molecule has 0 radical (unpaired) electrons. The average Bonchev–Trinajstić information content (AvgIpc) is 3.06. The van der Waals surface area contributed by atoms with Crippen LogP contribution in [0.1, 0.15) is 214 Å². The zero-order chi connectivity index (χ0) is 33.6. The van der Waals surface area contributed by atoms with Crippen molar-refractivity contribution in [1.82, 2.24) is 4.90 Å². The number of hydrogen-bond acceptors (Lipinski definition) is 5. The number of rotatable bonds is 39. The normalized spacial score (nSPS) is 11.7. The first-order chi connectivity index (χ1) is 22.7. The number of ether oxygens (including phenoxy) is 3. The van der Waals surface area contributed by atoms with E-state index < -0.39 is 0 Å². The summed E-state index contributed by atoms with van der Waals surface area (Å²) in [6.07, 6.45) is 35.7. The standard InChI is InChI=1S/C41H83NO4/c1-5-9-12-23-30-37-44-40(43)33-26-19-18-22-29-36-42(8-4)35-28-21-17-15-16-20-27-34-41(45-38-31-24-13-10-6-2)46-39-32-25-14-11-7-3/h41H,5-39H2,1-4H3. The fourth-order valence-electron chi connectivity index (χ4n) is 6.11. The molecule has 5 nitrogen and oxygen atoms in total. The van der Waals surface area contributed by atoms with E-state index in [1.165, 1.54) is 167 Å². The molecule has 0 heterocycles. The maximum atomic E-state index is 11.9. The molecule has 0 aliphatic rings. The first kappa shape index (κ1) is 45.3. The second-order valence-corrected chi connectivity index (χ2v) is 13.8. The average molecular weight is 654 g/mol. The van der Waals surface area contributed by atoms with Crippen LogP contribution in [0.3, 0.4) is 0 Å². The van der Waals surface area contributed by atoms with Crippen LogP contribution in [0.5, 0.6) is 0 Å². The lowest BCUT2D eigenvalue weighted by Gasteiger charge is -2.20. The highest BCUT2D eigenvalue weighted by molar-refractivity contribution is 5.69. The Morgan fingerprint density at radius 3 is 1.33 bits per heavy atom. The van der Waals surface area contributed by atoms with Gasteiger partial charge in [-0.3, -0.25) is 4.79 Å². The van der Waals surface area contributed by atoms with Crippen LogP contribution < -0.4 is 0 Å². The molecule has 0 spiro atoms. The summed E-state index contributed by atoms with van der Waals surface area (Å²) in [5.41, 5.74) is 0. The van der Waals surface area contributed by atoms with Gasteiger partial charge in [0.05, 0.1) is 6.61 Å². The largest absolute Gasteiger partial charge is 0.466 e. The molecule has 0 fully saturated rings. The van der Waals surface area contributed by atoms with Gasteiger partial charge in [-0.2, -0.15) is 0 Å². The molecule has 0 saturated carbocycles. The molecule has 5 heteroatoms. The molecule has 0 N–H and O–H groups in total. The zero-order valence-corrected chi connectivity index (χ0v) is 31.9. The highest BCUT2D eigenvalue weighted by Crippen LogP contribution is 2.15. The molecule has 0 bridgehead atoms. The van der Waals surface area contributed by atoms with Gasteiger partial charge in [0.1, 0.15) is 0 Å². The van der Waals surface area contributed by atoms with Gasteiger partial charge in [0, 0.05) is 19.6 Å². The summed E-state index contributed by atoms with van der Waals surface area (Å²) in [4.78, 5) is 14.5. The molecule has 0 unspecified atom stereocenters. The SMILES string of the molecule is CCCCCCCOC(=O)CCCCCCCN(CC)CCCCCCCCCC(OCCCCCCC)OCCCCCCC. The number of hydrogen-bond donors (Lipinski definition) is 0. The van der Waals surface area contributed by atoms with Gasteiger partial charge >= 0.3 is 5.97 Å². The van der Waals surface area contributed by atoms with E-state index in [1.807, 2.05) is 0 Å². The van der Waals surface area contributed by atoms with E-state index >= 15 is 0 Å². The van der Waals surface area contributed by atoms with Gasteiger partial charge < -0.3 is 19.1 Å². The predicted octanol–water partition coefficient (Wildman–Crippen LogP) is 12.6. The minimum Gasteiger partial charge on any atom is -0.466 e. The Hall–Kier alpha value is -0.650. The monoisotopic (exact) mass is 654 g/mol. The summed E-state index contributed by atoms with van der Waals surface area (Å²) in [6.45, 7) is 15.0. The molecule has 0 rings (SSSR count). The van der Waals surface area contributed by atoms with Crippen molar-refractivity contribution in [2.45, 2.75) is 220 Å². The minimum absolute atomic E-state index is 0.00286. The topological polar surface area (TPSA) is 48.0 Å². The van der Waals surface area contributed by atoms with Crippen LogP contribution in [0.2, 0.25) is 0 Å². The van der Waals surface area contributed by atoms with E-state index in [4.69, 9.17) is 14.2 Å². The number of nitrogens with zero attached hydrogens (tertiary/aromatic N) is 1. The van der Waals surface area contributed by atoms with E-state index in [-0.39, 0.29) is 12.3 Å². The molecule has 276 valence electrons. The van der Waals surface area contributed by atoms with E-state index in [0.717, 1.165) is 45.4 Å². The van der Waals surface area contributed by atoms with Crippen molar-refractivity contribution >= 4 is 5.97 Å². The van der Waals surface area contributed by atoms with Crippen LogP contribution in [0, 0.1) is 0 Å². The molecule has 0 aromatic carbocycles. The lowest BCUT2D eigenvalue weighted by atomic mass is 10.1. The van der Waals surface area contributed by atoms with Gasteiger partial charge in [0.25, 0.3) is 0 Å². The van der Waals surface area contributed by atoms with E-state index in [9.17, 15) is 4.79 Å². The fraction of sp³-hybridized carbons (Fsp3) is 0.976. The Balaban J connectivity index is 3.76. The van der Waals surface area contributed by atoms with Crippen molar-refractivity contribution < 1.29 is 19.0 Å². The van der Waals surface area contributed by atoms with Crippen LogP contribution in [0.15, 0.2) is 0 Å². The molecule has 0 aliphatic carbocycles. The molecular formula is C41H83NO4. The maximum absolute atomic E-state index is 11.9. The number of carbonyl (C=O) groups is 1. The fourth-order valence-corrected chi connectivity index (χ4v) is 6.11. The molecule has 0 saturated heterocycles. The minimum atomic E-state index is 0.00286. The van der Waals surface area contributed by atoms with Gasteiger partial charge in [-0.05, 0) is 71.0 Å². The molecule has 0 aromatic heterocycles. The van der Waals surface area contributed by atoms with Gasteiger partial charge in [-0.25, -0.2) is 0 Å². The van der Waals surface area contributed by atoms with Crippen LogP contribution in [-0.4, -0.2) is 56.6 Å². The van der Waals surface area contributed by atoms with Crippen molar-refractivity contribution in [2.75, 3.05) is 39.5 Å². The summed E-state index contributed by atoms with van der Waals surface area (Å²) in [7, 11) is 0. The Bertz CT molecular complexity index is 571. The summed E-state index contributed by atoms with van der Waals surface area (Å²) in [6, 6.07) is 0. The highest BCUT2D eigenvalue weighted by atomic mass is 16.7. The number of esters is 1. The third kappa shape index (κ3) is 34.7. The second-order valence-electron chi connectivity index (χ2n) is 13.8. The zero-order valence-electron chi connectivity index (χ0n) is 31.9. The van der Waals surface area contributed by atoms with Gasteiger partial charge in [0.2, 0.25) is 0 Å². The number of carbonyl (C=O) groups excluding carboxylic acids is 1.